The number of carbonyl (C=O) groups is 2. The zero-order valence-corrected chi connectivity index (χ0v) is 16.4. The number of rotatable bonds is 6. The third-order valence-electron chi connectivity index (χ3n) is 5.21. The maximum atomic E-state index is 12.6. The zero-order chi connectivity index (χ0) is 20.2. The molecule has 1 N–H and O–H groups in total. The summed E-state index contributed by atoms with van der Waals surface area (Å²) in [5.41, 5.74) is 3.48. The van der Waals surface area contributed by atoms with Crippen molar-refractivity contribution in [2.75, 3.05) is 20.3 Å². The minimum atomic E-state index is -0.154. The number of hydrogen-bond acceptors (Lipinski definition) is 4. The number of amides is 2. The summed E-state index contributed by atoms with van der Waals surface area (Å²) in [7, 11) is 1.61. The number of benzene rings is 2. The molecule has 4 rings (SSSR count). The Morgan fingerprint density at radius 1 is 1.21 bits per heavy atom. The quantitative estimate of drug-likeness (QED) is 0.821. The molecular weight excluding hydrogens is 368 g/mol. The lowest BCUT2D eigenvalue weighted by Crippen LogP contribution is -2.28. The smallest absolute Gasteiger partial charge is 0.250 e. The highest BCUT2D eigenvalue weighted by molar-refractivity contribution is 5.99. The molecule has 2 aliphatic rings. The summed E-state index contributed by atoms with van der Waals surface area (Å²) in [6, 6.07) is 13.5. The van der Waals surface area contributed by atoms with Crippen LogP contribution < -0.4 is 14.8 Å². The van der Waals surface area contributed by atoms with E-state index in [1.165, 1.54) is 0 Å². The summed E-state index contributed by atoms with van der Waals surface area (Å²) in [6.07, 6.45) is 3.41. The van der Waals surface area contributed by atoms with Crippen molar-refractivity contribution in [3.05, 3.63) is 64.7 Å². The molecular formula is C23H24N2O4. The van der Waals surface area contributed by atoms with E-state index in [0.29, 0.717) is 25.1 Å². The normalized spacial score (nSPS) is 15.4. The minimum Gasteiger partial charge on any atom is -0.497 e. The van der Waals surface area contributed by atoms with Crippen LogP contribution in [-0.4, -0.2) is 37.0 Å². The third kappa shape index (κ3) is 4.42. The van der Waals surface area contributed by atoms with Crippen molar-refractivity contribution in [3.8, 4) is 11.5 Å². The van der Waals surface area contributed by atoms with E-state index in [2.05, 4.69) is 5.32 Å². The first kappa shape index (κ1) is 19.1. The number of methoxy groups -OCH3 is 1. The van der Waals surface area contributed by atoms with Crippen molar-refractivity contribution < 1.29 is 19.1 Å². The molecule has 6 heteroatoms. The standard InChI is InChI=1S/C23H24N2O4/c1-28-20-7-8-21-18(12-20)11-19(15-29-21)23(27)24-13-16-4-2-5-17(10-16)14-25-9-3-6-22(25)26/h2,4-5,7-8,10-12H,3,6,9,13-15H2,1H3,(H,24,27). The van der Waals surface area contributed by atoms with Crippen LogP contribution in [0.3, 0.4) is 0 Å². The van der Waals surface area contributed by atoms with E-state index in [1.54, 1.807) is 7.11 Å². The van der Waals surface area contributed by atoms with Gasteiger partial charge in [0, 0.05) is 31.6 Å². The molecule has 0 aliphatic carbocycles. The van der Waals surface area contributed by atoms with Gasteiger partial charge in [0.1, 0.15) is 18.1 Å². The van der Waals surface area contributed by atoms with Crippen molar-refractivity contribution in [3.63, 3.8) is 0 Å². The van der Waals surface area contributed by atoms with E-state index in [1.807, 2.05) is 53.4 Å². The van der Waals surface area contributed by atoms with Crippen molar-refractivity contribution in [2.24, 2.45) is 0 Å². The van der Waals surface area contributed by atoms with Gasteiger partial charge in [-0.3, -0.25) is 9.59 Å². The number of nitrogens with zero attached hydrogens (tertiary/aromatic N) is 1. The lowest BCUT2D eigenvalue weighted by atomic mass is 10.1. The van der Waals surface area contributed by atoms with Crippen LogP contribution in [0.5, 0.6) is 11.5 Å². The Balaban J connectivity index is 1.39. The van der Waals surface area contributed by atoms with Gasteiger partial charge in [-0.05, 0) is 41.8 Å². The van der Waals surface area contributed by atoms with E-state index in [4.69, 9.17) is 9.47 Å². The SMILES string of the molecule is COc1ccc2c(c1)C=C(C(=O)NCc1cccc(CN3CCCC3=O)c1)CO2. The molecule has 2 amide bonds. The van der Waals surface area contributed by atoms with E-state index in [-0.39, 0.29) is 18.4 Å². The molecule has 29 heavy (non-hydrogen) atoms. The van der Waals surface area contributed by atoms with Crippen LogP contribution in [-0.2, 0) is 22.7 Å². The number of nitrogens with one attached hydrogen (secondary N) is 1. The van der Waals surface area contributed by atoms with Gasteiger partial charge in [0.05, 0.1) is 12.7 Å². The summed E-state index contributed by atoms with van der Waals surface area (Å²) in [5, 5.41) is 2.96. The fraction of sp³-hybridized carbons (Fsp3) is 0.304. The molecule has 0 radical (unpaired) electrons. The number of hydrogen-bond donors (Lipinski definition) is 1. The molecule has 150 valence electrons. The first-order valence-electron chi connectivity index (χ1n) is 9.77. The second-order valence-electron chi connectivity index (χ2n) is 7.28. The lowest BCUT2D eigenvalue weighted by Gasteiger charge is -2.18. The Kier molecular flexibility index (Phi) is 5.51. The summed E-state index contributed by atoms with van der Waals surface area (Å²) >= 11 is 0. The first-order chi connectivity index (χ1) is 14.1. The monoisotopic (exact) mass is 392 g/mol. The van der Waals surface area contributed by atoms with E-state index in [0.717, 1.165) is 41.2 Å². The molecule has 2 heterocycles. The molecule has 1 fully saturated rings. The second-order valence-corrected chi connectivity index (χ2v) is 7.28. The molecule has 0 unspecified atom stereocenters. The van der Waals surface area contributed by atoms with Crippen LogP contribution >= 0.6 is 0 Å². The van der Waals surface area contributed by atoms with Crippen LogP contribution in [0.1, 0.15) is 29.5 Å². The predicted octanol–water partition coefficient (Wildman–Crippen LogP) is 2.91. The summed E-state index contributed by atoms with van der Waals surface area (Å²) in [4.78, 5) is 26.3. The van der Waals surface area contributed by atoms with Crippen LogP contribution in [0.15, 0.2) is 48.0 Å². The van der Waals surface area contributed by atoms with Crippen LogP contribution in [0.25, 0.3) is 6.08 Å². The van der Waals surface area contributed by atoms with Gasteiger partial charge in [-0.25, -0.2) is 0 Å². The molecule has 0 aromatic heterocycles. The summed E-state index contributed by atoms with van der Waals surface area (Å²) in [5.74, 6) is 1.52. The minimum absolute atomic E-state index is 0.154. The van der Waals surface area contributed by atoms with Crippen molar-refractivity contribution in [1.29, 1.82) is 0 Å². The molecule has 2 aliphatic heterocycles. The average molecular weight is 392 g/mol. The molecule has 0 spiro atoms. The van der Waals surface area contributed by atoms with Gasteiger partial charge in [-0.1, -0.05) is 24.3 Å². The molecule has 2 aromatic carbocycles. The molecule has 0 bridgehead atoms. The number of fused-ring (bicyclic) bond motifs is 1. The van der Waals surface area contributed by atoms with Gasteiger partial charge < -0.3 is 19.7 Å². The van der Waals surface area contributed by atoms with E-state index in [9.17, 15) is 9.59 Å². The Morgan fingerprint density at radius 3 is 2.86 bits per heavy atom. The summed E-state index contributed by atoms with van der Waals surface area (Å²) in [6.45, 7) is 2.10. The van der Waals surface area contributed by atoms with Crippen LogP contribution in [0.4, 0.5) is 0 Å². The fourth-order valence-corrected chi connectivity index (χ4v) is 3.64. The largest absolute Gasteiger partial charge is 0.497 e. The van der Waals surface area contributed by atoms with Crippen molar-refractivity contribution in [1.82, 2.24) is 10.2 Å². The fourth-order valence-electron chi connectivity index (χ4n) is 3.64. The second kappa shape index (κ2) is 8.39. The highest BCUT2D eigenvalue weighted by Crippen LogP contribution is 2.30. The molecule has 0 saturated carbocycles. The molecule has 6 nitrogen and oxygen atoms in total. The zero-order valence-electron chi connectivity index (χ0n) is 16.4. The maximum Gasteiger partial charge on any atom is 0.250 e. The highest BCUT2D eigenvalue weighted by Gasteiger charge is 2.20. The predicted molar refractivity (Wildman–Crippen MR) is 109 cm³/mol. The number of carbonyl (C=O) groups excluding carboxylic acids is 2. The summed E-state index contributed by atoms with van der Waals surface area (Å²) < 4.78 is 10.9. The van der Waals surface area contributed by atoms with Crippen molar-refractivity contribution >= 4 is 17.9 Å². The first-order valence-corrected chi connectivity index (χ1v) is 9.77. The van der Waals surface area contributed by atoms with Gasteiger partial charge >= 0.3 is 0 Å². The Morgan fingerprint density at radius 2 is 2.07 bits per heavy atom. The Bertz CT molecular complexity index is 967. The topological polar surface area (TPSA) is 67.9 Å². The van der Waals surface area contributed by atoms with Crippen molar-refractivity contribution in [2.45, 2.75) is 25.9 Å². The maximum absolute atomic E-state index is 12.6. The van der Waals surface area contributed by atoms with Gasteiger partial charge in [0.2, 0.25) is 5.91 Å². The number of likely N-dealkylation sites (tertiary alicyclic amines) is 1. The van der Waals surface area contributed by atoms with E-state index < -0.39 is 0 Å². The molecule has 2 aromatic rings. The third-order valence-corrected chi connectivity index (χ3v) is 5.21. The molecule has 1 saturated heterocycles. The van der Waals surface area contributed by atoms with Crippen LogP contribution in [0, 0.1) is 0 Å². The number of ether oxygens (including phenoxy) is 2. The average Bonchev–Trinajstić information content (AvgIpc) is 3.15. The van der Waals surface area contributed by atoms with Gasteiger partial charge in [0.25, 0.3) is 5.91 Å². The lowest BCUT2D eigenvalue weighted by molar-refractivity contribution is -0.128. The Labute approximate surface area is 170 Å². The molecule has 0 atom stereocenters. The Hall–Kier alpha value is -3.28. The highest BCUT2D eigenvalue weighted by atomic mass is 16.5. The van der Waals surface area contributed by atoms with Gasteiger partial charge in [-0.15, -0.1) is 0 Å². The van der Waals surface area contributed by atoms with Gasteiger partial charge in [-0.2, -0.15) is 0 Å². The van der Waals surface area contributed by atoms with Gasteiger partial charge in [0.15, 0.2) is 0 Å². The van der Waals surface area contributed by atoms with Crippen LogP contribution in [0.2, 0.25) is 0 Å². The van der Waals surface area contributed by atoms with E-state index >= 15 is 0 Å².